The van der Waals surface area contributed by atoms with E-state index in [0.717, 1.165) is 18.4 Å². The van der Waals surface area contributed by atoms with Crippen LogP contribution in [0.5, 0.6) is 0 Å². The molecule has 1 aliphatic carbocycles. The third-order valence-corrected chi connectivity index (χ3v) is 5.42. The molecular formula is C22H26N4O3. The van der Waals surface area contributed by atoms with E-state index in [0.29, 0.717) is 36.3 Å². The SMILES string of the molecule is Cc1ccc(Cn2nc(C)c(C(=O)OCC(=O)NC3(C#N)CCCC3)c2C)cc1. The largest absolute Gasteiger partial charge is 0.452 e. The minimum Gasteiger partial charge on any atom is -0.452 e. The zero-order valence-corrected chi connectivity index (χ0v) is 17.1. The van der Waals surface area contributed by atoms with E-state index in [1.807, 2.05) is 38.1 Å². The molecule has 0 spiro atoms. The van der Waals surface area contributed by atoms with Crippen LogP contribution in [0, 0.1) is 32.1 Å². The average molecular weight is 394 g/mol. The Labute approximate surface area is 170 Å². The average Bonchev–Trinajstić information content (AvgIpc) is 3.26. The van der Waals surface area contributed by atoms with Crippen molar-refractivity contribution in [2.24, 2.45) is 0 Å². The Balaban J connectivity index is 1.63. The number of hydrogen-bond acceptors (Lipinski definition) is 5. The first-order valence-corrected chi connectivity index (χ1v) is 9.82. The van der Waals surface area contributed by atoms with Gasteiger partial charge in [-0.3, -0.25) is 9.48 Å². The van der Waals surface area contributed by atoms with Crippen LogP contribution in [0.4, 0.5) is 0 Å². The number of benzene rings is 1. The first-order chi connectivity index (χ1) is 13.8. The normalized spacial score (nSPS) is 15.0. The van der Waals surface area contributed by atoms with Crippen molar-refractivity contribution < 1.29 is 14.3 Å². The van der Waals surface area contributed by atoms with Crippen LogP contribution in [-0.2, 0) is 16.1 Å². The van der Waals surface area contributed by atoms with E-state index in [1.54, 1.807) is 11.6 Å². The second-order valence-corrected chi connectivity index (χ2v) is 7.71. The van der Waals surface area contributed by atoms with E-state index < -0.39 is 24.0 Å². The van der Waals surface area contributed by atoms with Crippen LogP contribution < -0.4 is 5.32 Å². The summed E-state index contributed by atoms with van der Waals surface area (Å²) in [7, 11) is 0. The van der Waals surface area contributed by atoms with E-state index in [2.05, 4.69) is 16.5 Å². The third-order valence-electron chi connectivity index (χ3n) is 5.42. The van der Waals surface area contributed by atoms with E-state index in [9.17, 15) is 14.9 Å². The standard InChI is InChI=1S/C22H26N4O3/c1-15-6-8-18(9-7-15)12-26-17(3)20(16(2)25-26)21(28)29-13-19(27)24-22(14-23)10-4-5-11-22/h6-9H,4-5,10-13H2,1-3H3,(H,24,27). The van der Waals surface area contributed by atoms with Gasteiger partial charge in [0.05, 0.1) is 24.0 Å². The monoisotopic (exact) mass is 394 g/mol. The van der Waals surface area contributed by atoms with E-state index in [1.165, 1.54) is 5.56 Å². The molecule has 1 fully saturated rings. The molecule has 0 saturated heterocycles. The Kier molecular flexibility index (Phi) is 6.02. The van der Waals surface area contributed by atoms with Gasteiger partial charge in [-0.15, -0.1) is 0 Å². The van der Waals surface area contributed by atoms with Crippen molar-refractivity contribution in [2.75, 3.05) is 6.61 Å². The lowest BCUT2D eigenvalue weighted by atomic mass is 10.00. The number of nitrogens with zero attached hydrogens (tertiary/aromatic N) is 3. The fraction of sp³-hybridized carbons (Fsp3) is 0.455. The Morgan fingerprint density at radius 1 is 1.21 bits per heavy atom. The maximum atomic E-state index is 12.6. The fourth-order valence-electron chi connectivity index (χ4n) is 3.76. The summed E-state index contributed by atoms with van der Waals surface area (Å²) >= 11 is 0. The van der Waals surface area contributed by atoms with Gasteiger partial charge >= 0.3 is 5.97 Å². The minimum atomic E-state index is -0.825. The second-order valence-electron chi connectivity index (χ2n) is 7.71. The van der Waals surface area contributed by atoms with Crippen molar-refractivity contribution in [1.29, 1.82) is 5.26 Å². The number of nitriles is 1. The van der Waals surface area contributed by atoms with Crippen LogP contribution in [0.2, 0.25) is 0 Å². The van der Waals surface area contributed by atoms with Gasteiger partial charge in [-0.1, -0.05) is 29.8 Å². The van der Waals surface area contributed by atoms with Gasteiger partial charge in [-0.2, -0.15) is 10.4 Å². The van der Waals surface area contributed by atoms with Gasteiger partial charge in [-0.25, -0.2) is 4.79 Å². The summed E-state index contributed by atoms with van der Waals surface area (Å²) in [5.74, 6) is -1.04. The predicted octanol–water partition coefficient (Wildman–Crippen LogP) is 2.97. The highest BCUT2D eigenvalue weighted by Gasteiger charge is 2.35. The number of aromatic nitrogens is 2. The molecule has 0 atom stereocenters. The molecule has 3 rings (SSSR count). The predicted molar refractivity (Wildman–Crippen MR) is 107 cm³/mol. The van der Waals surface area contributed by atoms with Crippen LogP contribution >= 0.6 is 0 Å². The topological polar surface area (TPSA) is 97.0 Å². The lowest BCUT2D eigenvalue weighted by molar-refractivity contribution is -0.125. The summed E-state index contributed by atoms with van der Waals surface area (Å²) in [5.41, 5.74) is 3.07. The molecule has 0 radical (unpaired) electrons. The maximum Gasteiger partial charge on any atom is 0.342 e. The summed E-state index contributed by atoms with van der Waals surface area (Å²) in [6.45, 7) is 5.73. The number of nitrogens with one attached hydrogen (secondary N) is 1. The molecule has 7 nitrogen and oxygen atoms in total. The first-order valence-electron chi connectivity index (χ1n) is 9.82. The van der Waals surface area contributed by atoms with Gasteiger partial charge in [-0.05, 0) is 52.0 Å². The van der Waals surface area contributed by atoms with Crippen molar-refractivity contribution >= 4 is 11.9 Å². The molecule has 2 aromatic rings. The number of amides is 1. The summed E-state index contributed by atoms with van der Waals surface area (Å²) in [5, 5.41) is 16.5. The quantitative estimate of drug-likeness (QED) is 0.760. The van der Waals surface area contributed by atoms with Gasteiger partial charge in [0, 0.05) is 0 Å². The van der Waals surface area contributed by atoms with Gasteiger partial charge < -0.3 is 10.1 Å². The maximum absolute atomic E-state index is 12.6. The summed E-state index contributed by atoms with van der Waals surface area (Å²) in [4.78, 5) is 24.7. The molecule has 1 aliphatic rings. The molecule has 0 aliphatic heterocycles. The molecule has 0 bridgehead atoms. The highest BCUT2D eigenvalue weighted by atomic mass is 16.5. The molecule has 1 aromatic carbocycles. The van der Waals surface area contributed by atoms with E-state index in [4.69, 9.17) is 4.74 Å². The molecule has 1 amide bonds. The van der Waals surface area contributed by atoms with Crippen LogP contribution in [0.15, 0.2) is 24.3 Å². The molecular weight excluding hydrogens is 368 g/mol. The third kappa shape index (κ3) is 4.65. The Morgan fingerprint density at radius 3 is 2.48 bits per heavy atom. The fourth-order valence-corrected chi connectivity index (χ4v) is 3.76. The van der Waals surface area contributed by atoms with Gasteiger partial charge in [0.15, 0.2) is 6.61 Å². The number of rotatable bonds is 6. The smallest absolute Gasteiger partial charge is 0.342 e. The molecule has 1 heterocycles. The van der Waals surface area contributed by atoms with E-state index in [-0.39, 0.29) is 0 Å². The van der Waals surface area contributed by atoms with Crippen molar-refractivity contribution in [2.45, 2.75) is 58.5 Å². The van der Waals surface area contributed by atoms with Crippen LogP contribution in [-0.4, -0.2) is 33.8 Å². The summed E-state index contributed by atoms with van der Waals surface area (Å²) in [6.07, 6.45) is 3.08. The lowest BCUT2D eigenvalue weighted by Gasteiger charge is -2.21. The van der Waals surface area contributed by atoms with Gasteiger partial charge in [0.2, 0.25) is 0 Å². The Morgan fingerprint density at radius 2 is 1.86 bits per heavy atom. The Hall–Kier alpha value is -3.14. The zero-order chi connectivity index (χ0) is 21.0. The molecule has 29 heavy (non-hydrogen) atoms. The van der Waals surface area contributed by atoms with E-state index >= 15 is 0 Å². The Bertz CT molecular complexity index is 948. The molecule has 1 saturated carbocycles. The van der Waals surface area contributed by atoms with Crippen LogP contribution in [0.25, 0.3) is 0 Å². The summed E-state index contributed by atoms with van der Waals surface area (Å²) in [6, 6.07) is 10.3. The van der Waals surface area contributed by atoms with Crippen LogP contribution in [0.1, 0.15) is 58.6 Å². The highest BCUT2D eigenvalue weighted by molar-refractivity contribution is 5.93. The number of carbonyl (C=O) groups is 2. The molecule has 7 heteroatoms. The van der Waals surface area contributed by atoms with Gasteiger partial charge in [0.1, 0.15) is 11.1 Å². The minimum absolute atomic E-state index is 0.376. The summed E-state index contributed by atoms with van der Waals surface area (Å²) < 4.78 is 6.98. The molecule has 1 N–H and O–H groups in total. The number of ether oxygens (including phenoxy) is 1. The highest BCUT2D eigenvalue weighted by Crippen LogP contribution is 2.28. The van der Waals surface area contributed by atoms with Crippen molar-refractivity contribution in [3.8, 4) is 6.07 Å². The number of esters is 1. The molecule has 1 aromatic heterocycles. The second kappa shape index (κ2) is 8.48. The number of aryl methyl sites for hydroxylation is 2. The van der Waals surface area contributed by atoms with Crippen molar-refractivity contribution in [3.63, 3.8) is 0 Å². The number of hydrogen-bond donors (Lipinski definition) is 1. The molecule has 0 unspecified atom stereocenters. The molecule has 152 valence electrons. The van der Waals surface area contributed by atoms with Crippen molar-refractivity contribution in [3.05, 3.63) is 52.3 Å². The van der Waals surface area contributed by atoms with Crippen LogP contribution in [0.3, 0.4) is 0 Å². The zero-order valence-electron chi connectivity index (χ0n) is 17.1. The van der Waals surface area contributed by atoms with Gasteiger partial charge in [0.25, 0.3) is 5.91 Å². The number of carbonyl (C=O) groups excluding carboxylic acids is 2. The van der Waals surface area contributed by atoms with Crippen molar-refractivity contribution in [1.82, 2.24) is 15.1 Å². The lowest BCUT2D eigenvalue weighted by Crippen LogP contribution is -2.46. The first kappa shape index (κ1) is 20.6.